The van der Waals surface area contributed by atoms with Crippen molar-refractivity contribution < 1.29 is 22.7 Å². The van der Waals surface area contributed by atoms with Gasteiger partial charge in [-0.1, -0.05) is 30.2 Å². The second-order valence-electron chi connectivity index (χ2n) is 8.36. The standard InChI is InChI=1S/C26H28N4O5S2/c1-4-13-30-22-12-7-19(5-2)18-23(22)36-25(30)27-24(31)20-8-10-21(11-9-20)37(33,34)29-16-14-28(15-17-29)26(32)35-6-3/h1,7-12,18H,5-6,13-17H2,2-3H3. The smallest absolute Gasteiger partial charge is 0.409 e. The molecule has 2 aromatic carbocycles. The molecule has 1 aliphatic rings. The Morgan fingerprint density at radius 2 is 1.78 bits per heavy atom. The summed E-state index contributed by atoms with van der Waals surface area (Å²) in [6, 6.07) is 11.8. The molecule has 0 radical (unpaired) electrons. The largest absolute Gasteiger partial charge is 0.450 e. The predicted octanol–water partition coefficient (Wildman–Crippen LogP) is 3.10. The minimum Gasteiger partial charge on any atom is -0.450 e. The molecule has 4 rings (SSSR count). The molecule has 37 heavy (non-hydrogen) atoms. The van der Waals surface area contributed by atoms with Crippen molar-refractivity contribution in [2.45, 2.75) is 31.7 Å². The van der Waals surface area contributed by atoms with Crippen LogP contribution in [0.1, 0.15) is 29.8 Å². The number of terminal acetylenes is 1. The lowest BCUT2D eigenvalue weighted by atomic mass is 10.2. The lowest BCUT2D eigenvalue weighted by molar-refractivity contribution is 0.0933. The molecule has 0 atom stereocenters. The number of nitrogens with zero attached hydrogens (tertiary/aromatic N) is 4. The Bertz CT molecular complexity index is 1520. The molecule has 1 fully saturated rings. The number of aromatic nitrogens is 1. The number of amides is 2. The number of hydrogen-bond acceptors (Lipinski definition) is 6. The number of ether oxygens (including phenoxy) is 1. The fraction of sp³-hybridized carbons (Fsp3) is 0.346. The van der Waals surface area contributed by atoms with Gasteiger partial charge >= 0.3 is 6.09 Å². The Morgan fingerprint density at radius 1 is 1.08 bits per heavy atom. The predicted molar refractivity (Wildman–Crippen MR) is 142 cm³/mol. The summed E-state index contributed by atoms with van der Waals surface area (Å²) >= 11 is 1.39. The molecule has 2 heterocycles. The molecule has 0 saturated carbocycles. The molecule has 0 spiro atoms. The average molecular weight is 541 g/mol. The maximum absolute atomic E-state index is 13.1. The number of fused-ring (bicyclic) bond motifs is 1. The fourth-order valence-electron chi connectivity index (χ4n) is 4.06. The van der Waals surface area contributed by atoms with Crippen LogP contribution in [0.4, 0.5) is 4.79 Å². The number of hydrogen-bond donors (Lipinski definition) is 0. The van der Waals surface area contributed by atoms with Gasteiger partial charge < -0.3 is 14.2 Å². The summed E-state index contributed by atoms with van der Waals surface area (Å²) in [4.78, 5) is 31.2. The van der Waals surface area contributed by atoms with Crippen molar-refractivity contribution in [2.75, 3.05) is 32.8 Å². The summed E-state index contributed by atoms with van der Waals surface area (Å²) in [5.41, 5.74) is 2.36. The van der Waals surface area contributed by atoms with E-state index in [-0.39, 0.29) is 49.8 Å². The number of aryl methyl sites for hydroxylation is 1. The van der Waals surface area contributed by atoms with Crippen molar-refractivity contribution in [1.29, 1.82) is 0 Å². The van der Waals surface area contributed by atoms with Gasteiger partial charge in [0.05, 0.1) is 28.3 Å². The van der Waals surface area contributed by atoms with Crippen molar-refractivity contribution in [3.8, 4) is 12.3 Å². The molecule has 0 bridgehead atoms. The Hall–Kier alpha value is -3.46. The van der Waals surface area contributed by atoms with Gasteiger partial charge in [0.2, 0.25) is 10.0 Å². The maximum Gasteiger partial charge on any atom is 0.409 e. The monoisotopic (exact) mass is 540 g/mol. The molecule has 0 aliphatic carbocycles. The van der Waals surface area contributed by atoms with Crippen LogP contribution < -0.4 is 4.80 Å². The lowest BCUT2D eigenvalue weighted by Crippen LogP contribution is -2.50. The minimum absolute atomic E-state index is 0.0741. The van der Waals surface area contributed by atoms with Crippen LogP contribution in [0.5, 0.6) is 0 Å². The summed E-state index contributed by atoms with van der Waals surface area (Å²) in [6.07, 6.45) is 6.00. The lowest BCUT2D eigenvalue weighted by Gasteiger charge is -2.33. The van der Waals surface area contributed by atoms with E-state index in [2.05, 4.69) is 23.9 Å². The van der Waals surface area contributed by atoms with Crippen LogP contribution in [0.2, 0.25) is 0 Å². The summed E-state index contributed by atoms with van der Waals surface area (Å²) in [7, 11) is -3.77. The van der Waals surface area contributed by atoms with Crippen LogP contribution in [-0.4, -0.2) is 67.0 Å². The molecule has 9 nitrogen and oxygen atoms in total. The molecule has 3 aromatic rings. The molecule has 0 unspecified atom stereocenters. The number of carbonyl (C=O) groups is 2. The summed E-state index contributed by atoms with van der Waals surface area (Å²) in [5, 5.41) is 0. The quantitative estimate of drug-likeness (QED) is 0.447. The second kappa shape index (κ2) is 11.3. The first-order valence-corrected chi connectivity index (χ1v) is 14.2. The normalized spacial score (nSPS) is 15.1. The van der Waals surface area contributed by atoms with Crippen molar-refractivity contribution in [3.05, 3.63) is 58.4 Å². The minimum atomic E-state index is -3.77. The highest BCUT2D eigenvalue weighted by atomic mass is 32.2. The van der Waals surface area contributed by atoms with E-state index in [0.29, 0.717) is 4.80 Å². The number of thiazole rings is 1. The van der Waals surface area contributed by atoms with E-state index in [4.69, 9.17) is 11.2 Å². The molecule has 1 aliphatic heterocycles. The van der Waals surface area contributed by atoms with Gasteiger partial charge in [0, 0.05) is 31.7 Å². The second-order valence-corrected chi connectivity index (χ2v) is 11.3. The zero-order chi connectivity index (χ0) is 26.6. The Balaban J connectivity index is 1.54. The molecule has 0 N–H and O–H groups in total. The maximum atomic E-state index is 13.1. The van der Waals surface area contributed by atoms with Gasteiger partial charge in [0.1, 0.15) is 0 Å². The third-order valence-electron chi connectivity index (χ3n) is 6.11. The van der Waals surface area contributed by atoms with Crippen molar-refractivity contribution >= 4 is 43.6 Å². The number of sulfonamides is 1. The van der Waals surface area contributed by atoms with Crippen molar-refractivity contribution in [2.24, 2.45) is 4.99 Å². The highest BCUT2D eigenvalue weighted by Gasteiger charge is 2.30. The number of benzene rings is 2. The van der Waals surface area contributed by atoms with Crippen molar-refractivity contribution in [3.63, 3.8) is 0 Å². The third-order valence-corrected chi connectivity index (χ3v) is 9.06. The van der Waals surface area contributed by atoms with Gasteiger partial charge in [-0.15, -0.1) is 6.42 Å². The van der Waals surface area contributed by atoms with Crippen LogP contribution in [-0.2, 0) is 27.7 Å². The summed E-state index contributed by atoms with van der Waals surface area (Å²) in [6.45, 7) is 5.17. The van der Waals surface area contributed by atoms with E-state index in [1.165, 1.54) is 50.4 Å². The number of carbonyl (C=O) groups excluding carboxylic acids is 2. The van der Waals surface area contributed by atoms with Gasteiger partial charge in [-0.05, 0) is 55.3 Å². The molecular weight excluding hydrogens is 512 g/mol. The molecular formula is C26H28N4O5S2. The van der Waals surface area contributed by atoms with Crippen LogP contribution in [0.3, 0.4) is 0 Å². The topological polar surface area (TPSA) is 101 Å². The van der Waals surface area contributed by atoms with Crippen LogP contribution in [0.15, 0.2) is 52.4 Å². The summed E-state index contributed by atoms with van der Waals surface area (Å²) < 4.78 is 35.3. The van der Waals surface area contributed by atoms with E-state index in [0.717, 1.165) is 16.6 Å². The molecule has 194 valence electrons. The van der Waals surface area contributed by atoms with E-state index in [1.807, 2.05) is 16.7 Å². The van der Waals surface area contributed by atoms with Gasteiger partial charge in [-0.3, -0.25) is 4.79 Å². The number of rotatable bonds is 6. The third kappa shape index (κ3) is 5.61. The highest BCUT2D eigenvalue weighted by molar-refractivity contribution is 7.89. The fourth-order valence-corrected chi connectivity index (χ4v) is 6.58. The van der Waals surface area contributed by atoms with Crippen LogP contribution in [0, 0.1) is 12.3 Å². The van der Waals surface area contributed by atoms with Crippen LogP contribution >= 0.6 is 11.3 Å². The molecule has 11 heteroatoms. The van der Waals surface area contributed by atoms with Gasteiger partial charge in [0.15, 0.2) is 4.80 Å². The van der Waals surface area contributed by atoms with E-state index < -0.39 is 22.0 Å². The van der Waals surface area contributed by atoms with E-state index in [1.54, 1.807) is 6.92 Å². The molecule has 2 amide bonds. The van der Waals surface area contributed by atoms with Gasteiger partial charge in [0.25, 0.3) is 5.91 Å². The number of piperazine rings is 1. The van der Waals surface area contributed by atoms with Gasteiger partial charge in [-0.25, -0.2) is 13.2 Å². The zero-order valence-corrected chi connectivity index (χ0v) is 22.3. The van der Waals surface area contributed by atoms with Crippen LogP contribution in [0.25, 0.3) is 10.2 Å². The first-order valence-electron chi connectivity index (χ1n) is 11.9. The first kappa shape index (κ1) is 26.6. The Labute approximate surface area is 220 Å². The van der Waals surface area contributed by atoms with Crippen molar-refractivity contribution in [1.82, 2.24) is 13.8 Å². The molecule has 1 saturated heterocycles. The van der Waals surface area contributed by atoms with Gasteiger partial charge in [-0.2, -0.15) is 9.30 Å². The zero-order valence-electron chi connectivity index (χ0n) is 20.7. The Kier molecular flexibility index (Phi) is 8.12. The Morgan fingerprint density at radius 3 is 2.41 bits per heavy atom. The van der Waals surface area contributed by atoms with E-state index in [9.17, 15) is 18.0 Å². The first-order chi connectivity index (χ1) is 17.8. The highest BCUT2D eigenvalue weighted by Crippen LogP contribution is 2.21. The van der Waals surface area contributed by atoms with E-state index >= 15 is 0 Å². The SMILES string of the molecule is C#CCn1c(=NC(=O)c2ccc(S(=O)(=O)N3CCN(C(=O)OCC)CC3)cc2)sc2cc(CC)ccc21. The molecule has 1 aromatic heterocycles. The average Bonchev–Trinajstić information content (AvgIpc) is 3.24. The summed E-state index contributed by atoms with van der Waals surface area (Å²) in [5.74, 6) is 2.13.